The van der Waals surface area contributed by atoms with E-state index in [4.69, 9.17) is 11.5 Å². The van der Waals surface area contributed by atoms with Crippen molar-refractivity contribution in [1.82, 2.24) is 0 Å². The first-order valence-electron chi connectivity index (χ1n) is 11.7. The number of hydrogen-bond acceptors (Lipinski definition) is 6. The lowest BCUT2D eigenvalue weighted by atomic mass is 9.66. The van der Waals surface area contributed by atoms with E-state index < -0.39 is 30.7 Å². The number of rotatable bonds is 4. The molecular formula is C22H42N2O6S2. The van der Waals surface area contributed by atoms with Gasteiger partial charge in [-0.25, -0.2) is 0 Å². The van der Waals surface area contributed by atoms with E-state index in [1.165, 1.54) is 0 Å². The zero-order valence-electron chi connectivity index (χ0n) is 20.1. The summed E-state index contributed by atoms with van der Waals surface area (Å²) in [6, 6.07) is 0. The van der Waals surface area contributed by atoms with Crippen LogP contribution in [0.25, 0.3) is 0 Å². The van der Waals surface area contributed by atoms with Crippen LogP contribution in [0.4, 0.5) is 0 Å². The van der Waals surface area contributed by atoms with Crippen LogP contribution in [-0.2, 0) is 20.2 Å². The first-order chi connectivity index (χ1) is 14.4. The molecule has 188 valence electrons. The summed E-state index contributed by atoms with van der Waals surface area (Å²) in [6.07, 6.45) is 1.78. The SMILES string of the molecule is CC1C2CC([C@@H](S(=O)(=O)O)[C@@H]2CN)C1(C)C.CC1C2CC([C@@H](S(=O)(=O)O)[C@H]2CN)C1(C)C. The topological polar surface area (TPSA) is 161 Å². The molecule has 6 N–H and O–H groups in total. The average molecular weight is 495 g/mol. The van der Waals surface area contributed by atoms with Crippen molar-refractivity contribution < 1.29 is 25.9 Å². The Labute approximate surface area is 193 Å². The Bertz CT molecular complexity index is 856. The Morgan fingerprint density at radius 3 is 1.22 bits per heavy atom. The summed E-state index contributed by atoms with van der Waals surface area (Å²) in [5, 5.41) is -1.29. The van der Waals surface area contributed by atoms with E-state index in [0.29, 0.717) is 36.8 Å². The molecule has 8 nitrogen and oxygen atoms in total. The fourth-order valence-electron chi connectivity index (χ4n) is 8.15. The third kappa shape index (κ3) is 3.86. The van der Waals surface area contributed by atoms with Crippen LogP contribution >= 0.6 is 0 Å². The summed E-state index contributed by atoms with van der Waals surface area (Å²) in [7, 11) is -7.94. The van der Waals surface area contributed by atoms with Crippen molar-refractivity contribution in [3.8, 4) is 0 Å². The maximum atomic E-state index is 11.5. The molecule has 0 radical (unpaired) electrons. The molecule has 4 aliphatic rings. The van der Waals surface area contributed by atoms with Gasteiger partial charge in [-0.3, -0.25) is 9.11 Å². The second kappa shape index (κ2) is 8.16. The molecule has 0 aliphatic heterocycles. The van der Waals surface area contributed by atoms with E-state index in [1.54, 1.807) is 0 Å². The van der Waals surface area contributed by atoms with Crippen LogP contribution in [0.5, 0.6) is 0 Å². The second-order valence-electron chi connectivity index (χ2n) is 12.0. The summed E-state index contributed by atoms with van der Waals surface area (Å²) >= 11 is 0. The predicted molar refractivity (Wildman–Crippen MR) is 125 cm³/mol. The molecule has 4 fully saturated rings. The molecule has 0 aromatic carbocycles. The van der Waals surface area contributed by atoms with Crippen LogP contribution in [0.15, 0.2) is 0 Å². The molecule has 4 bridgehead atoms. The fraction of sp³-hybridized carbons (Fsp3) is 1.00. The smallest absolute Gasteiger partial charge is 0.268 e. The molecule has 0 aromatic heterocycles. The van der Waals surface area contributed by atoms with Gasteiger partial charge >= 0.3 is 0 Å². The van der Waals surface area contributed by atoms with Crippen molar-refractivity contribution in [2.75, 3.05) is 13.1 Å². The van der Waals surface area contributed by atoms with Crippen LogP contribution in [0.1, 0.15) is 54.4 Å². The van der Waals surface area contributed by atoms with Crippen molar-refractivity contribution in [1.29, 1.82) is 0 Å². The quantitative estimate of drug-likeness (QED) is 0.433. The molecule has 10 atom stereocenters. The van der Waals surface area contributed by atoms with Gasteiger partial charge < -0.3 is 11.5 Å². The summed E-state index contributed by atoms with van der Waals surface area (Å²) in [5.74, 6) is 1.61. The molecule has 4 aliphatic carbocycles. The van der Waals surface area contributed by atoms with E-state index >= 15 is 0 Å². The highest BCUT2D eigenvalue weighted by atomic mass is 32.2. The monoisotopic (exact) mass is 494 g/mol. The fourth-order valence-corrected chi connectivity index (χ4v) is 11.4. The Morgan fingerprint density at radius 2 is 1.00 bits per heavy atom. The second-order valence-corrected chi connectivity index (χ2v) is 15.1. The van der Waals surface area contributed by atoms with Gasteiger partial charge in [-0.2, -0.15) is 16.8 Å². The van der Waals surface area contributed by atoms with Gasteiger partial charge in [0, 0.05) is 0 Å². The van der Waals surface area contributed by atoms with E-state index in [2.05, 4.69) is 41.5 Å². The van der Waals surface area contributed by atoms with Crippen molar-refractivity contribution in [2.24, 2.45) is 69.6 Å². The van der Waals surface area contributed by atoms with Crippen molar-refractivity contribution >= 4 is 20.2 Å². The van der Waals surface area contributed by atoms with Crippen molar-refractivity contribution in [2.45, 2.75) is 64.9 Å². The van der Waals surface area contributed by atoms with Crippen molar-refractivity contribution in [3.63, 3.8) is 0 Å². The van der Waals surface area contributed by atoms with Crippen molar-refractivity contribution in [3.05, 3.63) is 0 Å². The van der Waals surface area contributed by atoms with E-state index in [-0.39, 0.29) is 34.5 Å². The largest absolute Gasteiger partial charge is 0.330 e. The molecule has 4 rings (SSSR count). The first-order valence-corrected chi connectivity index (χ1v) is 14.8. The molecule has 6 unspecified atom stereocenters. The highest BCUT2D eigenvalue weighted by Crippen LogP contribution is 2.63. The predicted octanol–water partition coefficient (Wildman–Crippen LogP) is 2.26. The van der Waals surface area contributed by atoms with Crippen LogP contribution < -0.4 is 11.5 Å². The highest BCUT2D eigenvalue weighted by molar-refractivity contribution is 7.86. The molecule has 4 saturated carbocycles. The first kappa shape index (κ1) is 26.3. The summed E-state index contributed by atoms with van der Waals surface area (Å²) in [6.45, 7) is 13.5. The normalized spacial score (nSPS) is 46.2. The minimum absolute atomic E-state index is 0.0171. The number of nitrogens with two attached hydrogens (primary N) is 2. The molecule has 0 spiro atoms. The minimum Gasteiger partial charge on any atom is -0.330 e. The molecule has 0 aromatic rings. The van der Waals surface area contributed by atoms with E-state index in [1.807, 2.05) is 0 Å². The van der Waals surface area contributed by atoms with Gasteiger partial charge in [-0.15, -0.1) is 0 Å². The standard InChI is InChI=1S/2C11H21NO3S/c2*1-6-7-4-9(11(6,2)3)10(8(7)5-12)16(13,14)15/h2*6-10H,4-5,12H2,1-3H3,(H,13,14,15)/t6?,7?,8-,9?,10+;6?,7?,8-,9?,10-/m10/s1. The van der Waals surface area contributed by atoms with Crippen LogP contribution in [0.3, 0.4) is 0 Å². The van der Waals surface area contributed by atoms with Gasteiger partial charge in [0.05, 0.1) is 10.5 Å². The van der Waals surface area contributed by atoms with Gasteiger partial charge in [0.15, 0.2) is 0 Å². The molecule has 10 heteroatoms. The van der Waals surface area contributed by atoms with Gasteiger partial charge in [0.1, 0.15) is 0 Å². The van der Waals surface area contributed by atoms with E-state index in [0.717, 1.165) is 12.8 Å². The lowest BCUT2D eigenvalue weighted by Crippen LogP contribution is -2.48. The lowest BCUT2D eigenvalue weighted by molar-refractivity contribution is 0.100. The van der Waals surface area contributed by atoms with Gasteiger partial charge in [0.25, 0.3) is 20.2 Å². The van der Waals surface area contributed by atoms with Gasteiger partial charge in [0.2, 0.25) is 0 Å². The molecule has 0 saturated heterocycles. The summed E-state index contributed by atoms with van der Waals surface area (Å²) in [4.78, 5) is 0. The maximum Gasteiger partial charge on any atom is 0.268 e. The highest BCUT2D eigenvalue weighted by Gasteiger charge is 2.64. The molecule has 0 heterocycles. The lowest BCUT2D eigenvalue weighted by Gasteiger charge is -2.43. The molecular weight excluding hydrogens is 452 g/mol. The minimum atomic E-state index is -3.97. The Kier molecular flexibility index (Phi) is 6.71. The Hall–Kier alpha value is -0.260. The number of fused-ring (bicyclic) bond motifs is 4. The Balaban J connectivity index is 0.000000181. The third-order valence-electron chi connectivity index (χ3n) is 10.6. The summed E-state index contributed by atoms with van der Waals surface area (Å²) < 4.78 is 64.7. The average Bonchev–Trinajstić information content (AvgIpc) is 3.34. The zero-order valence-corrected chi connectivity index (χ0v) is 21.7. The van der Waals surface area contributed by atoms with Gasteiger partial charge in [-0.05, 0) is 84.1 Å². The maximum absolute atomic E-state index is 11.5. The number of hydrogen-bond donors (Lipinski definition) is 4. The van der Waals surface area contributed by atoms with Crippen LogP contribution in [0, 0.1) is 58.2 Å². The van der Waals surface area contributed by atoms with Gasteiger partial charge in [-0.1, -0.05) is 41.5 Å². The molecule has 0 amide bonds. The zero-order chi connectivity index (χ0) is 24.6. The van der Waals surface area contributed by atoms with Crippen LogP contribution in [-0.4, -0.2) is 49.5 Å². The Morgan fingerprint density at radius 1 is 0.719 bits per heavy atom. The van der Waals surface area contributed by atoms with E-state index in [9.17, 15) is 25.9 Å². The summed E-state index contributed by atoms with van der Waals surface area (Å²) in [5.41, 5.74) is 11.3. The third-order valence-corrected chi connectivity index (χ3v) is 13.3. The molecule has 32 heavy (non-hydrogen) atoms. The van der Waals surface area contributed by atoms with Crippen LogP contribution in [0.2, 0.25) is 0 Å².